The summed E-state index contributed by atoms with van der Waals surface area (Å²) in [6.07, 6.45) is 0. The molecule has 156 valence electrons. The normalized spacial score (nSPS) is 11.1. The highest BCUT2D eigenvalue weighted by atomic mass is 32.2. The smallest absolute Gasteiger partial charge is 0.270 e. The van der Waals surface area contributed by atoms with Crippen molar-refractivity contribution < 1.29 is 17.6 Å². The molecule has 8 nitrogen and oxygen atoms in total. The highest BCUT2D eigenvalue weighted by molar-refractivity contribution is 7.92. The number of halogens is 1. The molecule has 0 aliphatic rings. The average Bonchev–Trinajstić information content (AvgIpc) is 2.67. The van der Waals surface area contributed by atoms with E-state index >= 15 is 0 Å². The molecule has 1 amide bonds. The molecule has 0 saturated carbocycles. The predicted octanol–water partition coefficient (Wildman–Crippen LogP) is 3.10. The number of aromatic nitrogens is 2. The molecular formula is C20H20FN5O3S. The number of sulfonamides is 1. The summed E-state index contributed by atoms with van der Waals surface area (Å²) >= 11 is 0. The molecular weight excluding hydrogens is 409 g/mol. The van der Waals surface area contributed by atoms with Gasteiger partial charge in [-0.05, 0) is 56.7 Å². The fourth-order valence-corrected chi connectivity index (χ4v) is 3.82. The Balaban J connectivity index is 1.82. The van der Waals surface area contributed by atoms with Crippen molar-refractivity contribution in [1.29, 1.82) is 0 Å². The lowest BCUT2D eigenvalue weighted by Gasteiger charge is -2.13. The van der Waals surface area contributed by atoms with Crippen LogP contribution in [0.1, 0.15) is 27.3 Å². The number of anilines is 2. The van der Waals surface area contributed by atoms with Crippen molar-refractivity contribution in [3.8, 4) is 0 Å². The Morgan fingerprint density at radius 1 is 0.967 bits per heavy atom. The molecule has 0 saturated heterocycles. The summed E-state index contributed by atoms with van der Waals surface area (Å²) in [4.78, 5) is 20.7. The van der Waals surface area contributed by atoms with E-state index < -0.39 is 21.7 Å². The maximum atomic E-state index is 13.8. The molecule has 2 aromatic carbocycles. The van der Waals surface area contributed by atoms with Gasteiger partial charge in [-0.25, -0.2) is 22.8 Å². The predicted molar refractivity (Wildman–Crippen MR) is 111 cm³/mol. The van der Waals surface area contributed by atoms with Gasteiger partial charge >= 0.3 is 0 Å². The van der Waals surface area contributed by atoms with Gasteiger partial charge in [-0.1, -0.05) is 18.2 Å². The van der Waals surface area contributed by atoms with E-state index in [9.17, 15) is 17.6 Å². The fourth-order valence-electron chi connectivity index (χ4n) is 2.72. The number of benzene rings is 2. The first kappa shape index (κ1) is 21.2. The van der Waals surface area contributed by atoms with Gasteiger partial charge < -0.3 is 0 Å². The molecule has 0 aliphatic heterocycles. The van der Waals surface area contributed by atoms with Crippen LogP contribution in [0, 0.1) is 26.6 Å². The maximum absolute atomic E-state index is 13.8. The lowest BCUT2D eigenvalue weighted by molar-refractivity contribution is 0.0961. The Labute approximate surface area is 173 Å². The van der Waals surface area contributed by atoms with Crippen LogP contribution in [0.25, 0.3) is 0 Å². The highest BCUT2D eigenvalue weighted by Gasteiger charge is 2.19. The number of para-hydroxylation sites is 1. The Hall–Kier alpha value is -3.53. The van der Waals surface area contributed by atoms with Gasteiger partial charge in [-0.15, -0.1) is 0 Å². The number of carbonyl (C=O) groups is 1. The summed E-state index contributed by atoms with van der Waals surface area (Å²) in [6, 6.07) is 11.3. The van der Waals surface area contributed by atoms with Crippen LogP contribution in [0.4, 0.5) is 16.0 Å². The lowest BCUT2D eigenvalue weighted by Crippen LogP contribution is -2.31. The van der Waals surface area contributed by atoms with Crippen LogP contribution in [-0.4, -0.2) is 24.3 Å². The monoisotopic (exact) mass is 429 g/mol. The van der Waals surface area contributed by atoms with Gasteiger partial charge in [-0.3, -0.25) is 20.4 Å². The summed E-state index contributed by atoms with van der Waals surface area (Å²) in [5.41, 5.74) is 7.03. The van der Waals surface area contributed by atoms with E-state index in [0.29, 0.717) is 5.56 Å². The number of carbonyl (C=O) groups excluding carboxylic acids is 1. The van der Waals surface area contributed by atoms with Crippen LogP contribution in [0.3, 0.4) is 0 Å². The number of hydrogen-bond donors (Lipinski definition) is 3. The van der Waals surface area contributed by atoms with E-state index in [0.717, 1.165) is 17.5 Å². The molecule has 3 N–H and O–H groups in total. The number of aryl methyl sites for hydroxylation is 3. The second-order valence-corrected chi connectivity index (χ2v) is 8.30. The van der Waals surface area contributed by atoms with Crippen molar-refractivity contribution in [3.63, 3.8) is 0 Å². The van der Waals surface area contributed by atoms with Crippen molar-refractivity contribution in [2.75, 3.05) is 10.1 Å². The third-order valence-electron chi connectivity index (χ3n) is 4.15. The van der Waals surface area contributed by atoms with Crippen molar-refractivity contribution >= 4 is 27.6 Å². The van der Waals surface area contributed by atoms with E-state index in [1.165, 1.54) is 36.4 Å². The Morgan fingerprint density at radius 3 is 2.30 bits per heavy atom. The minimum Gasteiger partial charge on any atom is -0.277 e. The Morgan fingerprint density at radius 2 is 1.63 bits per heavy atom. The highest BCUT2D eigenvalue weighted by Crippen LogP contribution is 2.21. The minimum absolute atomic E-state index is 0.128. The molecule has 30 heavy (non-hydrogen) atoms. The molecule has 10 heteroatoms. The van der Waals surface area contributed by atoms with Crippen LogP contribution < -0.4 is 15.6 Å². The SMILES string of the molecule is Cc1cc(C)nc(NNC(=O)c2cc(S(=O)(=O)Nc3ccccc3F)ccc2C)n1. The summed E-state index contributed by atoms with van der Waals surface area (Å²) < 4.78 is 41.3. The minimum atomic E-state index is -4.10. The number of amides is 1. The molecule has 1 aromatic heterocycles. The summed E-state index contributed by atoms with van der Waals surface area (Å²) in [7, 11) is -4.10. The van der Waals surface area contributed by atoms with E-state index in [1.54, 1.807) is 26.8 Å². The molecule has 1 heterocycles. The summed E-state index contributed by atoms with van der Waals surface area (Å²) in [5.74, 6) is -1.06. The van der Waals surface area contributed by atoms with Gasteiger partial charge in [0.2, 0.25) is 5.95 Å². The van der Waals surface area contributed by atoms with Gasteiger partial charge in [-0.2, -0.15) is 0 Å². The van der Waals surface area contributed by atoms with Crippen molar-refractivity contribution in [2.24, 2.45) is 0 Å². The number of nitrogens with one attached hydrogen (secondary N) is 3. The molecule has 0 aliphatic carbocycles. The first-order valence-corrected chi connectivity index (χ1v) is 10.4. The second-order valence-electron chi connectivity index (χ2n) is 6.62. The van der Waals surface area contributed by atoms with E-state index in [2.05, 4.69) is 25.5 Å². The van der Waals surface area contributed by atoms with Gasteiger partial charge in [0.25, 0.3) is 15.9 Å². The molecule has 0 fully saturated rings. The number of rotatable bonds is 6. The maximum Gasteiger partial charge on any atom is 0.270 e. The second kappa shape index (κ2) is 8.46. The first-order chi connectivity index (χ1) is 14.2. The third kappa shape index (κ3) is 4.90. The average molecular weight is 429 g/mol. The van der Waals surface area contributed by atoms with Crippen LogP contribution in [0.5, 0.6) is 0 Å². The van der Waals surface area contributed by atoms with Crippen molar-refractivity contribution in [3.05, 3.63) is 76.9 Å². The van der Waals surface area contributed by atoms with E-state index in [1.807, 2.05) is 0 Å². The van der Waals surface area contributed by atoms with Crippen LogP contribution in [0.2, 0.25) is 0 Å². The quantitative estimate of drug-likeness (QED) is 0.519. The van der Waals surface area contributed by atoms with Crippen molar-refractivity contribution in [2.45, 2.75) is 25.7 Å². The third-order valence-corrected chi connectivity index (χ3v) is 5.52. The Bertz CT molecular complexity index is 1190. The van der Waals surface area contributed by atoms with Crippen LogP contribution in [-0.2, 0) is 10.0 Å². The van der Waals surface area contributed by atoms with Crippen LogP contribution in [0.15, 0.2) is 53.4 Å². The molecule has 0 bridgehead atoms. The zero-order valence-corrected chi connectivity index (χ0v) is 17.3. The lowest BCUT2D eigenvalue weighted by atomic mass is 10.1. The standard InChI is InChI=1S/C20H20FN5O3S/c1-12-8-9-15(30(28,29)26-18-7-5-4-6-17(18)21)11-16(12)19(27)24-25-20-22-13(2)10-14(3)23-20/h4-11,26H,1-3H3,(H,24,27)(H,22,23,25). The molecule has 3 rings (SSSR count). The molecule has 0 radical (unpaired) electrons. The van der Waals surface area contributed by atoms with Crippen molar-refractivity contribution in [1.82, 2.24) is 15.4 Å². The molecule has 0 spiro atoms. The van der Waals surface area contributed by atoms with Gasteiger partial charge in [0.15, 0.2) is 0 Å². The summed E-state index contributed by atoms with van der Waals surface area (Å²) in [6.45, 7) is 5.26. The zero-order valence-electron chi connectivity index (χ0n) is 16.5. The number of nitrogens with zero attached hydrogens (tertiary/aromatic N) is 2. The first-order valence-electron chi connectivity index (χ1n) is 8.92. The Kier molecular flexibility index (Phi) is 5.97. The van der Waals surface area contributed by atoms with E-state index in [-0.39, 0.29) is 22.1 Å². The topological polar surface area (TPSA) is 113 Å². The largest absolute Gasteiger partial charge is 0.277 e. The number of hydrogen-bond acceptors (Lipinski definition) is 6. The number of hydrazine groups is 1. The fraction of sp³-hybridized carbons (Fsp3) is 0.150. The molecule has 0 unspecified atom stereocenters. The zero-order chi connectivity index (χ0) is 21.9. The summed E-state index contributed by atoms with van der Waals surface area (Å²) in [5, 5.41) is 0. The molecule has 3 aromatic rings. The molecule has 0 atom stereocenters. The van der Waals surface area contributed by atoms with E-state index in [4.69, 9.17) is 0 Å². The van der Waals surface area contributed by atoms with Crippen LogP contribution >= 0.6 is 0 Å². The van der Waals surface area contributed by atoms with Gasteiger partial charge in [0.05, 0.1) is 10.6 Å². The van der Waals surface area contributed by atoms with Gasteiger partial charge in [0, 0.05) is 17.0 Å². The van der Waals surface area contributed by atoms with Gasteiger partial charge in [0.1, 0.15) is 5.82 Å².